The molecule has 4 heterocycles. The molecule has 72 heavy (non-hydrogen) atoms. The first-order chi connectivity index (χ1) is 34.4. The van der Waals surface area contributed by atoms with Crippen molar-refractivity contribution in [3.8, 4) is 11.5 Å². The van der Waals surface area contributed by atoms with Gasteiger partial charge in [-0.05, 0) is 161 Å². The Morgan fingerprint density at radius 3 is 1.31 bits per heavy atom. The molecule has 2 aliphatic heterocycles. The van der Waals surface area contributed by atoms with Crippen LogP contribution in [0.4, 0.5) is 17.6 Å². The molecular formula is C52H52Cl4F4N4O8. The summed E-state index contributed by atoms with van der Waals surface area (Å²) in [6, 6.07) is 18.8. The number of nitrogens with one attached hydrogen (secondary N) is 2. The average molecular weight is 1080 g/mol. The SMILES string of the molecule is O=C(N[C@H](CN1CCCC1)[C@@H](O)c1ccc(OC2CC2)c(Cl)c1)C(F)(F)c1cc2cc(Cl)ccc2o1.O=C(N[C@H](CN1CCCC1)[C@H](O)c1ccc(OC2CC2)c(Cl)c1)C(F)(F)c1cc2cc(Cl)ccc2o1. The minimum absolute atomic E-state index is 0.150. The number of benzene rings is 4. The highest BCUT2D eigenvalue weighted by atomic mass is 35.5. The van der Waals surface area contributed by atoms with Gasteiger partial charge in [0.2, 0.25) is 0 Å². The lowest BCUT2D eigenvalue weighted by atomic mass is 10.0. The summed E-state index contributed by atoms with van der Waals surface area (Å²) >= 11 is 24.6. The van der Waals surface area contributed by atoms with Crippen LogP contribution in [0.1, 0.15) is 86.2 Å². The number of furan rings is 2. The lowest BCUT2D eigenvalue weighted by molar-refractivity contribution is -0.151. The van der Waals surface area contributed by atoms with E-state index in [2.05, 4.69) is 10.6 Å². The molecular weight excluding hydrogens is 1030 g/mol. The molecule has 4 aliphatic rings. The van der Waals surface area contributed by atoms with Crippen molar-refractivity contribution in [2.75, 3.05) is 39.3 Å². The Hall–Kier alpha value is -4.78. The van der Waals surface area contributed by atoms with Gasteiger partial charge in [0.15, 0.2) is 11.5 Å². The normalized spacial score (nSPS) is 18.4. The zero-order chi connectivity index (χ0) is 50.9. The molecule has 4 fully saturated rings. The summed E-state index contributed by atoms with van der Waals surface area (Å²) in [6.45, 7) is 3.44. The number of alkyl halides is 4. The molecule has 0 unspecified atom stereocenters. The fourth-order valence-electron chi connectivity index (χ4n) is 8.80. The molecule has 10 rings (SSSR count). The maximum atomic E-state index is 15.2. The van der Waals surface area contributed by atoms with Crippen LogP contribution in [0.25, 0.3) is 21.9 Å². The molecule has 12 nitrogen and oxygen atoms in total. The first kappa shape index (κ1) is 52.1. The van der Waals surface area contributed by atoms with Crippen LogP contribution in [-0.4, -0.2) is 95.4 Å². The molecule has 2 aliphatic carbocycles. The molecule has 4 N–H and O–H groups in total. The van der Waals surface area contributed by atoms with Gasteiger partial charge in [-0.25, -0.2) is 0 Å². The Bertz CT molecular complexity index is 2710. The fraction of sp³-hybridized carbons (Fsp3) is 0.423. The summed E-state index contributed by atoms with van der Waals surface area (Å²) in [5.74, 6) is -11.6. The van der Waals surface area contributed by atoms with Crippen LogP contribution in [0.3, 0.4) is 0 Å². The van der Waals surface area contributed by atoms with Crippen LogP contribution in [-0.2, 0) is 21.4 Å². The van der Waals surface area contributed by atoms with E-state index in [0.29, 0.717) is 53.5 Å². The van der Waals surface area contributed by atoms with E-state index in [9.17, 15) is 19.8 Å². The van der Waals surface area contributed by atoms with Crippen molar-refractivity contribution in [1.29, 1.82) is 0 Å². The number of hydrogen-bond donors (Lipinski definition) is 4. The van der Waals surface area contributed by atoms with Gasteiger partial charge in [0.25, 0.3) is 11.8 Å². The lowest BCUT2D eigenvalue weighted by Gasteiger charge is -2.30. The second-order valence-electron chi connectivity index (χ2n) is 18.8. The van der Waals surface area contributed by atoms with Gasteiger partial charge < -0.3 is 49.0 Å². The highest BCUT2D eigenvalue weighted by Gasteiger charge is 2.48. The Morgan fingerprint density at radius 2 is 0.958 bits per heavy atom. The smallest absolute Gasteiger partial charge is 0.380 e. The van der Waals surface area contributed by atoms with Crippen molar-refractivity contribution < 1.29 is 55.7 Å². The van der Waals surface area contributed by atoms with E-state index in [-0.39, 0.29) is 36.5 Å². The number of fused-ring (bicyclic) bond motifs is 2. The van der Waals surface area contributed by atoms with E-state index in [4.69, 9.17) is 64.7 Å². The number of aliphatic hydroxyl groups is 2. The van der Waals surface area contributed by atoms with Crippen LogP contribution in [0.5, 0.6) is 11.5 Å². The number of amides is 2. The molecule has 0 radical (unpaired) electrons. The molecule has 2 aromatic heterocycles. The topological polar surface area (TPSA) is 150 Å². The van der Waals surface area contributed by atoms with Crippen LogP contribution in [0, 0.1) is 0 Å². The lowest BCUT2D eigenvalue weighted by Crippen LogP contribution is -2.50. The van der Waals surface area contributed by atoms with Crippen LogP contribution in [0.15, 0.2) is 93.8 Å². The summed E-state index contributed by atoms with van der Waals surface area (Å²) < 4.78 is 82.8. The zero-order valence-electron chi connectivity index (χ0n) is 38.7. The largest absolute Gasteiger partial charge is 0.489 e. The highest BCUT2D eigenvalue weighted by molar-refractivity contribution is 6.32. The van der Waals surface area contributed by atoms with Crippen LogP contribution < -0.4 is 20.1 Å². The van der Waals surface area contributed by atoms with E-state index in [1.54, 1.807) is 36.4 Å². The quantitative estimate of drug-likeness (QED) is 0.0613. The van der Waals surface area contributed by atoms with Gasteiger partial charge in [0.05, 0.1) is 34.3 Å². The van der Waals surface area contributed by atoms with E-state index in [0.717, 1.165) is 89.7 Å². The van der Waals surface area contributed by atoms with Gasteiger partial charge >= 0.3 is 11.8 Å². The van der Waals surface area contributed by atoms with Crippen LogP contribution >= 0.6 is 46.4 Å². The van der Waals surface area contributed by atoms with Gasteiger partial charge in [-0.3, -0.25) is 9.59 Å². The molecule has 2 saturated heterocycles. The van der Waals surface area contributed by atoms with Gasteiger partial charge in [-0.1, -0.05) is 58.5 Å². The molecule has 2 saturated carbocycles. The van der Waals surface area contributed by atoms with Gasteiger partial charge in [0.1, 0.15) is 34.9 Å². The summed E-state index contributed by atoms with van der Waals surface area (Å²) in [7, 11) is 0. The van der Waals surface area contributed by atoms with Crippen molar-refractivity contribution in [2.24, 2.45) is 0 Å². The van der Waals surface area contributed by atoms with Crippen molar-refractivity contribution >= 4 is 80.2 Å². The number of rotatable bonds is 18. The van der Waals surface area contributed by atoms with Gasteiger partial charge in [0, 0.05) is 33.9 Å². The molecule has 6 aromatic rings. The first-order valence-electron chi connectivity index (χ1n) is 23.9. The van der Waals surface area contributed by atoms with E-state index in [1.165, 1.54) is 36.4 Å². The van der Waals surface area contributed by atoms with Crippen molar-refractivity contribution in [1.82, 2.24) is 20.4 Å². The van der Waals surface area contributed by atoms with Crippen molar-refractivity contribution in [3.63, 3.8) is 0 Å². The Labute approximate surface area is 432 Å². The third-order valence-electron chi connectivity index (χ3n) is 13.1. The third-order valence-corrected chi connectivity index (χ3v) is 14.1. The molecule has 4 aromatic carbocycles. The number of hydrogen-bond acceptors (Lipinski definition) is 10. The van der Waals surface area contributed by atoms with Crippen molar-refractivity contribution in [2.45, 2.75) is 99.7 Å². The molecule has 384 valence electrons. The number of nitrogens with zero attached hydrogens (tertiary/aromatic N) is 2. The van der Waals surface area contributed by atoms with E-state index < -0.39 is 59.5 Å². The molecule has 2 amide bonds. The molecule has 20 heteroatoms. The van der Waals surface area contributed by atoms with Gasteiger partial charge in [-0.15, -0.1) is 0 Å². The Balaban J connectivity index is 0.000000178. The number of carbonyl (C=O) groups excluding carboxylic acids is 2. The van der Waals surface area contributed by atoms with E-state index >= 15 is 17.6 Å². The Morgan fingerprint density at radius 1 is 0.583 bits per heavy atom. The Kier molecular flexibility index (Phi) is 15.9. The predicted octanol–water partition coefficient (Wildman–Crippen LogP) is 11.4. The summed E-state index contributed by atoms with van der Waals surface area (Å²) in [5.41, 5.74) is 1.18. The van der Waals surface area contributed by atoms with Gasteiger partial charge in [-0.2, -0.15) is 17.6 Å². The fourth-order valence-corrected chi connectivity index (χ4v) is 9.63. The summed E-state index contributed by atoms with van der Waals surface area (Å²) in [5, 5.41) is 29.1. The van der Waals surface area contributed by atoms with Crippen molar-refractivity contribution in [3.05, 3.63) is 128 Å². The standard InChI is InChI=1S/2C26H26Cl2F2N2O4/c2*27-17-4-8-21-16(11-17)13-23(36-21)26(29,30)25(34)31-20(14-32-9-1-2-10-32)24(33)15-3-7-22(19(28)12-15)35-18-5-6-18/h2*3-4,7-8,11-13,18,20,24,33H,1-2,5-6,9-10,14H2,(H,31,34)/t20-,24+;20-,24-/m11/s1. The number of likely N-dealkylation sites (tertiary alicyclic amines) is 2. The van der Waals surface area contributed by atoms with E-state index in [1.807, 2.05) is 9.80 Å². The second-order valence-corrected chi connectivity index (χ2v) is 20.5. The maximum absolute atomic E-state index is 15.2. The minimum Gasteiger partial charge on any atom is -0.489 e. The number of halogens is 8. The molecule has 0 bridgehead atoms. The minimum atomic E-state index is -3.96. The molecule has 0 spiro atoms. The number of aliphatic hydroxyl groups excluding tert-OH is 2. The second kappa shape index (κ2) is 22.0. The zero-order valence-corrected chi connectivity index (χ0v) is 41.7. The summed E-state index contributed by atoms with van der Waals surface area (Å²) in [4.78, 5) is 29.8. The summed E-state index contributed by atoms with van der Waals surface area (Å²) in [6.07, 6.45) is 5.50. The monoisotopic (exact) mass is 1080 g/mol. The first-order valence-corrected chi connectivity index (χ1v) is 25.4. The average Bonchev–Trinajstić information content (AvgIpc) is 4.03. The highest BCUT2D eigenvalue weighted by Crippen LogP contribution is 2.39. The maximum Gasteiger partial charge on any atom is 0.380 e. The number of carbonyl (C=O) groups is 2. The number of ether oxygens (including phenoxy) is 2. The predicted molar refractivity (Wildman–Crippen MR) is 266 cm³/mol. The third kappa shape index (κ3) is 12.4. The van der Waals surface area contributed by atoms with Crippen LogP contribution in [0.2, 0.25) is 20.1 Å². The molecule has 4 atom stereocenters.